The van der Waals surface area contributed by atoms with Gasteiger partial charge in [-0.15, -0.1) is 0 Å². The van der Waals surface area contributed by atoms with Crippen molar-refractivity contribution in [3.63, 3.8) is 0 Å². The summed E-state index contributed by atoms with van der Waals surface area (Å²) < 4.78 is 4.44. The van der Waals surface area contributed by atoms with E-state index in [-0.39, 0.29) is 0 Å². The van der Waals surface area contributed by atoms with Crippen molar-refractivity contribution in [2.45, 2.75) is 51.5 Å². The summed E-state index contributed by atoms with van der Waals surface area (Å²) in [6.45, 7) is 3.34. The molecule has 0 spiro atoms. The third-order valence-corrected chi connectivity index (χ3v) is 4.58. The Bertz CT molecular complexity index is 342. The van der Waals surface area contributed by atoms with Gasteiger partial charge in [0.25, 0.3) is 0 Å². The summed E-state index contributed by atoms with van der Waals surface area (Å²) in [4.78, 5) is 7.13. The number of anilines is 1. The van der Waals surface area contributed by atoms with Gasteiger partial charge in [0.05, 0.1) is 0 Å². The molecule has 1 aliphatic rings. The maximum absolute atomic E-state index is 4.66. The smallest absolute Gasteiger partial charge is 0.205 e. The first-order valence-corrected chi connectivity index (χ1v) is 8.39. The molecule has 17 heavy (non-hydrogen) atoms. The van der Waals surface area contributed by atoms with Gasteiger partial charge in [-0.1, -0.05) is 22.9 Å². The van der Waals surface area contributed by atoms with Crippen molar-refractivity contribution in [3.8, 4) is 0 Å². The molecule has 0 N–H and O–H groups in total. The van der Waals surface area contributed by atoms with Crippen LogP contribution in [0.25, 0.3) is 0 Å². The van der Waals surface area contributed by atoms with Gasteiger partial charge in [0.2, 0.25) is 5.13 Å². The zero-order valence-corrected chi connectivity index (χ0v) is 12.8. The van der Waals surface area contributed by atoms with Crippen LogP contribution in [0.4, 0.5) is 5.13 Å². The highest BCUT2D eigenvalue weighted by atomic mass is 79.9. The van der Waals surface area contributed by atoms with Crippen molar-refractivity contribution in [3.05, 3.63) is 5.82 Å². The normalized spacial score (nSPS) is 20.1. The number of hydrogen-bond donors (Lipinski definition) is 0. The largest absolute Gasteiger partial charge is 0.344 e. The number of aromatic nitrogens is 2. The molecule has 0 amide bonds. The van der Waals surface area contributed by atoms with E-state index in [1.165, 1.54) is 25.7 Å². The van der Waals surface area contributed by atoms with Gasteiger partial charge in [-0.2, -0.15) is 4.37 Å². The van der Waals surface area contributed by atoms with Crippen LogP contribution in [0.2, 0.25) is 0 Å². The van der Waals surface area contributed by atoms with Gasteiger partial charge in [0, 0.05) is 35.9 Å². The van der Waals surface area contributed by atoms with Crippen LogP contribution in [-0.2, 0) is 6.42 Å². The molecule has 1 fully saturated rings. The van der Waals surface area contributed by atoms with Crippen molar-refractivity contribution in [1.29, 1.82) is 0 Å². The second kappa shape index (κ2) is 6.69. The summed E-state index contributed by atoms with van der Waals surface area (Å²) in [6, 6.07) is 0.690. The van der Waals surface area contributed by atoms with Crippen LogP contribution in [0.15, 0.2) is 0 Å². The minimum Gasteiger partial charge on any atom is -0.344 e. The maximum Gasteiger partial charge on any atom is 0.205 e. The summed E-state index contributed by atoms with van der Waals surface area (Å²) in [5, 5.41) is 2.25. The fourth-order valence-corrected chi connectivity index (χ4v) is 3.52. The Hall–Kier alpha value is -0.160. The Morgan fingerprint density at radius 2 is 2.41 bits per heavy atom. The van der Waals surface area contributed by atoms with Crippen molar-refractivity contribution < 1.29 is 0 Å². The summed E-state index contributed by atoms with van der Waals surface area (Å²) in [5.41, 5.74) is 0. The van der Waals surface area contributed by atoms with Gasteiger partial charge in [-0.3, -0.25) is 0 Å². The van der Waals surface area contributed by atoms with Gasteiger partial charge >= 0.3 is 0 Å². The first-order chi connectivity index (χ1) is 8.35. The average molecular weight is 318 g/mol. The van der Waals surface area contributed by atoms with E-state index in [9.17, 15) is 0 Å². The van der Waals surface area contributed by atoms with E-state index < -0.39 is 0 Å². The highest BCUT2D eigenvalue weighted by molar-refractivity contribution is 9.09. The first kappa shape index (κ1) is 13.3. The predicted octanol–water partition coefficient (Wildman–Crippen LogP) is 3.63. The third-order valence-electron chi connectivity index (χ3n) is 3.22. The molecule has 3 nitrogen and oxygen atoms in total. The van der Waals surface area contributed by atoms with E-state index in [1.54, 1.807) is 11.5 Å². The topological polar surface area (TPSA) is 29.0 Å². The van der Waals surface area contributed by atoms with Gasteiger partial charge in [0.15, 0.2) is 0 Å². The SMILES string of the molecule is CCCc1nsc(N2CCCC2CCCBr)n1. The molecular formula is C12H20BrN3S. The van der Waals surface area contributed by atoms with Crippen LogP contribution in [-0.4, -0.2) is 27.3 Å². The summed E-state index contributed by atoms with van der Waals surface area (Å²) in [6.07, 6.45) is 7.28. The van der Waals surface area contributed by atoms with E-state index in [1.807, 2.05) is 0 Å². The van der Waals surface area contributed by atoms with Crippen molar-refractivity contribution in [2.75, 3.05) is 16.8 Å². The molecule has 1 saturated heterocycles. The maximum atomic E-state index is 4.66. The molecule has 0 aromatic carbocycles. The minimum atomic E-state index is 0.690. The molecule has 1 aromatic heterocycles. The Kier molecular flexibility index (Phi) is 5.22. The van der Waals surface area contributed by atoms with E-state index in [2.05, 4.69) is 37.1 Å². The van der Waals surface area contributed by atoms with E-state index in [0.717, 1.165) is 35.7 Å². The number of hydrogen-bond acceptors (Lipinski definition) is 4. The highest BCUT2D eigenvalue weighted by Gasteiger charge is 2.26. The quantitative estimate of drug-likeness (QED) is 0.750. The molecule has 1 atom stereocenters. The van der Waals surface area contributed by atoms with E-state index >= 15 is 0 Å². The van der Waals surface area contributed by atoms with E-state index in [0.29, 0.717) is 6.04 Å². The lowest BCUT2D eigenvalue weighted by Gasteiger charge is -2.23. The van der Waals surface area contributed by atoms with Crippen molar-refractivity contribution >= 4 is 32.6 Å². The molecule has 0 bridgehead atoms. The zero-order chi connectivity index (χ0) is 12.1. The van der Waals surface area contributed by atoms with Crippen LogP contribution in [0, 0.1) is 0 Å². The average Bonchev–Trinajstić information content (AvgIpc) is 2.94. The Balaban J connectivity index is 1.98. The second-order valence-corrected chi connectivity index (χ2v) is 6.09. The first-order valence-electron chi connectivity index (χ1n) is 6.50. The van der Waals surface area contributed by atoms with Crippen LogP contribution in [0.5, 0.6) is 0 Å². The van der Waals surface area contributed by atoms with Gasteiger partial charge in [-0.05, 0) is 32.1 Å². The van der Waals surface area contributed by atoms with Crippen LogP contribution in [0.3, 0.4) is 0 Å². The lowest BCUT2D eigenvalue weighted by Crippen LogP contribution is -2.29. The van der Waals surface area contributed by atoms with Crippen LogP contribution >= 0.6 is 27.5 Å². The second-order valence-electron chi connectivity index (χ2n) is 4.56. The van der Waals surface area contributed by atoms with Crippen LogP contribution in [0.1, 0.15) is 44.9 Å². The van der Waals surface area contributed by atoms with Gasteiger partial charge in [-0.25, -0.2) is 4.98 Å². The molecule has 1 aliphatic heterocycles. The fraction of sp³-hybridized carbons (Fsp3) is 0.833. The lowest BCUT2D eigenvalue weighted by molar-refractivity contribution is 0.603. The zero-order valence-electron chi connectivity index (χ0n) is 10.4. The van der Waals surface area contributed by atoms with Crippen molar-refractivity contribution in [2.24, 2.45) is 0 Å². The summed E-state index contributed by atoms with van der Waals surface area (Å²) in [7, 11) is 0. The molecule has 0 saturated carbocycles. The molecule has 1 unspecified atom stereocenters. The minimum absolute atomic E-state index is 0.690. The van der Waals surface area contributed by atoms with Gasteiger partial charge in [0.1, 0.15) is 5.82 Å². The number of aryl methyl sites for hydroxylation is 1. The molecule has 96 valence electrons. The standard InChI is InChI=1S/C12H20BrN3S/c1-2-5-11-14-12(17-15-11)16-9-4-7-10(16)6-3-8-13/h10H,2-9H2,1H3. The molecule has 5 heteroatoms. The third kappa shape index (κ3) is 3.41. The molecule has 0 aliphatic carbocycles. The Morgan fingerprint density at radius 3 is 3.18 bits per heavy atom. The Morgan fingerprint density at radius 1 is 1.53 bits per heavy atom. The number of halogens is 1. The molecule has 2 heterocycles. The monoisotopic (exact) mass is 317 g/mol. The number of rotatable bonds is 6. The van der Waals surface area contributed by atoms with Crippen LogP contribution < -0.4 is 4.90 Å². The predicted molar refractivity (Wildman–Crippen MR) is 77.3 cm³/mol. The Labute approximate surface area is 116 Å². The highest BCUT2D eigenvalue weighted by Crippen LogP contribution is 2.29. The molecule has 0 radical (unpaired) electrons. The van der Waals surface area contributed by atoms with Gasteiger partial charge < -0.3 is 4.90 Å². The fourth-order valence-electron chi connectivity index (χ4n) is 2.39. The van der Waals surface area contributed by atoms with Crippen molar-refractivity contribution in [1.82, 2.24) is 9.36 Å². The number of nitrogens with zero attached hydrogens (tertiary/aromatic N) is 3. The number of alkyl halides is 1. The lowest BCUT2D eigenvalue weighted by atomic mass is 10.1. The molecule has 1 aromatic rings. The summed E-state index contributed by atoms with van der Waals surface area (Å²) >= 11 is 5.09. The summed E-state index contributed by atoms with van der Waals surface area (Å²) in [5.74, 6) is 1.03. The molecular weight excluding hydrogens is 298 g/mol. The van der Waals surface area contributed by atoms with E-state index in [4.69, 9.17) is 0 Å². The molecule has 2 rings (SSSR count).